The number of likely N-dealkylation sites (tertiary alicyclic amines) is 2. The molecule has 3 aromatic carbocycles. The van der Waals surface area contributed by atoms with E-state index >= 15 is 0 Å². The fourth-order valence-corrected chi connectivity index (χ4v) is 6.04. The van der Waals surface area contributed by atoms with Crippen LogP contribution in [-0.4, -0.2) is 73.2 Å². The highest BCUT2D eigenvalue weighted by atomic mass is 19.1. The summed E-state index contributed by atoms with van der Waals surface area (Å²) in [4.78, 5) is 28.7. The molecule has 3 amide bonds. The molecule has 8 nitrogen and oxygen atoms in total. The van der Waals surface area contributed by atoms with Crippen LogP contribution in [0.3, 0.4) is 0 Å². The number of carbonyl (C=O) groups is 2. The molecule has 42 heavy (non-hydrogen) atoms. The zero-order chi connectivity index (χ0) is 30.2. The van der Waals surface area contributed by atoms with Gasteiger partial charge < -0.3 is 31.3 Å². The molecule has 5 rings (SSSR count). The lowest BCUT2D eigenvalue weighted by Gasteiger charge is -2.55. The molecule has 2 fully saturated rings. The smallest absolute Gasteiger partial charge is 0.321 e. The number of halogens is 4. The number of piperidine rings is 2. The van der Waals surface area contributed by atoms with Crippen LogP contribution < -0.4 is 16.4 Å². The van der Waals surface area contributed by atoms with Gasteiger partial charge in [-0.05, 0) is 42.4 Å². The van der Waals surface area contributed by atoms with Gasteiger partial charge in [0.05, 0.1) is 5.56 Å². The summed E-state index contributed by atoms with van der Waals surface area (Å²) in [5.41, 5.74) is 4.48. The number of nitrogens with zero attached hydrogens (tertiary/aromatic N) is 2. The minimum atomic E-state index is -1.32. The molecule has 2 saturated heterocycles. The van der Waals surface area contributed by atoms with Crippen molar-refractivity contribution in [2.24, 2.45) is 17.6 Å². The van der Waals surface area contributed by atoms with E-state index in [-0.39, 0.29) is 37.4 Å². The van der Waals surface area contributed by atoms with E-state index < -0.39 is 58.2 Å². The van der Waals surface area contributed by atoms with Gasteiger partial charge in [0.25, 0.3) is 5.91 Å². The summed E-state index contributed by atoms with van der Waals surface area (Å²) in [5.74, 6) is -4.86. The molecular formula is C30H31F4N5O3. The van der Waals surface area contributed by atoms with Gasteiger partial charge in [0.15, 0.2) is 0 Å². The molecular weight excluding hydrogens is 554 g/mol. The van der Waals surface area contributed by atoms with Gasteiger partial charge in [-0.1, -0.05) is 24.3 Å². The predicted molar refractivity (Wildman–Crippen MR) is 149 cm³/mol. The molecule has 0 aromatic heterocycles. The largest absolute Gasteiger partial charge is 0.384 e. The third kappa shape index (κ3) is 5.69. The number of nitrogens with two attached hydrogens (primary N) is 1. The minimum absolute atomic E-state index is 0.0101. The number of nitrogens with one attached hydrogen (secondary N) is 2. The topological polar surface area (TPSA) is 111 Å². The fourth-order valence-electron chi connectivity index (χ4n) is 6.04. The Bertz CT molecular complexity index is 1470. The van der Waals surface area contributed by atoms with Crippen LogP contribution >= 0.6 is 0 Å². The number of aliphatic hydroxyl groups is 1. The fraction of sp³-hybridized carbons (Fsp3) is 0.333. The maximum Gasteiger partial charge on any atom is 0.321 e. The van der Waals surface area contributed by atoms with E-state index in [0.717, 1.165) is 24.3 Å². The second-order valence-corrected chi connectivity index (χ2v) is 10.9. The molecule has 222 valence electrons. The Labute approximate surface area is 240 Å². The van der Waals surface area contributed by atoms with Crippen LogP contribution in [0.5, 0.6) is 0 Å². The normalized spacial score (nSPS) is 22.1. The summed E-state index contributed by atoms with van der Waals surface area (Å²) < 4.78 is 56.9. The minimum Gasteiger partial charge on any atom is -0.384 e. The number of urea groups is 1. The SMILES string of the molecule is CN1C[C@@H]2CN(C(=O)Nc3cc(F)cc(F)c3)C[C@H](C1)[C@@]2(O)c1ccc(-c2cc(F)c(C(=O)NCCN)cc2F)cc1. The predicted octanol–water partition coefficient (Wildman–Crippen LogP) is 3.51. The van der Waals surface area contributed by atoms with Crippen molar-refractivity contribution in [2.75, 3.05) is 51.6 Å². The molecule has 12 heteroatoms. The van der Waals surface area contributed by atoms with Crippen LogP contribution in [-0.2, 0) is 5.60 Å². The molecule has 2 bridgehead atoms. The quantitative estimate of drug-likeness (QED) is 0.331. The maximum absolute atomic E-state index is 15.0. The Hall–Kier alpha value is -4.00. The van der Waals surface area contributed by atoms with Crippen molar-refractivity contribution in [2.45, 2.75) is 5.60 Å². The summed E-state index contributed by atoms with van der Waals surface area (Å²) in [6.45, 7) is 1.58. The summed E-state index contributed by atoms with van der Waals surface area (Å²) in [6, 6.07) is 10.5. The lowest BCUT2D eigenvalue weighted by Crippen LogP contribution is -2.65. The van der Waals surface area contributed by atoms with Crippen molar-refractivity contribution >= 4 is 17.6 Å². The molecule has 0 saturated carbocycles. The number of carbonyl (C=O) groups excluding carboxylic acids is 2. The first-order valence-corrected chi connectivity index (χ1v) is 13.5. The van der Waals surface area contributed by atoms with Gasteiger partial charge in [0, 0.05) is 68.4 Å². The maximum atomic E-state index is 15.0. The summed E-state index contributed by atoms with van der Waals surface area (Å²) in [6.07, 6.45) is 0. The van der Waals surface area contributed by atoms with Gasteiger partial charge in [-0.25, -0.2) is 22.4 Å². The van der Waals surface area contributed by atoms with Gasteiger partial charge in [0.1, 0.15) is 28.9 Å². The number of fused-ring (bicyclic) bond motifs is 2. The van der Waals surface area contributed by atoms with Crippen LogP contribution in [0.25, 0.3) is 11.1 Å². The molecule has 0 spiro atoms. The highest BCUT2D eigenvalue weighted by Crippen LogP contribution is 2.45. The number of benzene rings is 3. The number of rotatable bonds is 6. The summed E-state index contributed by atoms with van der Waals surface area (Å²) in [5, 5.41) is 17.0. The molecule has 5 N–H and O–H groups in total. The lowest BCUT2D eigenvalue weighted by atomic mass is 9.66. The zero-order valence-electron chi connectivity index (χ0n) is 22.8. The van der Waals surface area contributed by atoms with Crippen LogP contribution in [0.1, 0.15) is 15.9 Å². The standard InChI is InChI=1S/C30H31F4N5O3/c1-38-13-19-15-39(29(41)37-23-9-21(31)8-22(32)10-23)16-20(14-38)30(19,42)18-4-2-17(3-5-18)24-11-27(34)25(12-26(24)33)28(40)36-7-6-35/h2-5,8-12,19-20,42H,6-7,13-16,35H2,1H3,(H,36,40)(H,37,41)/t19-,20+,30-. The first-order valence-electron chi connectivity index (χ1n) is 13.5. The van der Waals surface area contributed by atoms with Crippen molar-refractivity contribution in [1.82, 2.24) is 15.1 Å². The second kappa shape index (κ2) is 11.7. The third-order valence-corrected chi connectivity index (χ3v) is 7.98. The average Bonchev–Trinajstić information content (AvgIpc) is 2.93. The number of amides is 3. The van der Waals surface area contributed by atoms with Crippen LogP contribution in [0.4, 0.5) is 28.0 Å². The van der Waals surface area contributed by atoms with Crippen molar-refractivity contribution in [3.8, 4) is 11.1 Å². The van der Waals surface area contributed by atoms with Crippen molar-refractivity contribution < 1.29 is 32.3 Å². The molecule has 3 atom stereocenters. The van der Waals surface area contributed by atoms with E-state index in [1.54, 1.807) is 24.3 Å². The Morgan fingerprint density at radius 1 is 0.929 bits per heavy atom. The van der Waals surface area contributed by atoms with Crippen LogP contribution in [0.2, 0.25) is 0 Å². The van der Waals surface area contributed by atoms with E-state index in [0.29, 0.717) is 30.3 Å². The van der Waals surface area contributed by atoms with Crippen LogP contribution in [0, 0.1) is 35.1 Å². The Kier molecular flexibility index (Phi) is 8.22. The first-order chi connectivity index (χ1) is 20.0. The molecule has 2 aliphatic heterocycles. The van der Waals surface area contributed by atoms with Crippen LogP contribution in [0.15, 0.2) is 54.6 Å². The van der Waals surface area contributed by atoms with Gasteiger partial charge in [-0.3, -0.25) is 4.79 Å². The van der Waals surface area contributed by atoms with Crippen molar-refractivity contribution in [1.29, 1.82) is 0 Å². The zero-order valence-corrected chi connectivity index (χ0v) is 22.8. The molecule has 0 aliphatic carbocycles. The summed E-state index contributed by atoms with van der Waals surface area (Å²) >= 11 is 0. The third-order valence-electron chi connectivity index (χ3n) is 7.98. The first kappa shape index (κ1) is 29.5. The monoisotopic (exact) mass is 585 g/mol. The van der Waals surface area contributed by atoms with Gasteiger partial charge in [0.2, 0.25) is 0 Å². The Morgan fingerprint density at radius 3 is 2.14 bits per heavy atom. The van der Waals surface area contributed by atoms with E-state index in [4.69, 9.17) is 5.73 Å². The molecule has 2 aliphatic rings. The molecule has 2 heterocycles. The van der Waals surface area contributed by atoms with E-state index in [2.05, 4.69) is 15.5 Å². The van der Waals surface area contributed by atoms with Gasteiger partial charge in [-0.15, -0.1) is 0 Å². The molecule has 3 aromatic rings. The van der Waals surface area contributed by atoms with Gasteiger partial charge in [-0.2, -0.15) is 0 Å². The number of anilines is 1. The van der Waals surface area contributed by atoms with E-state index in [9.17, 15) is 32.3 Å². The molecule has 0 unspecified atom stereocenters. The van der Waals surface area contributed by atoms with Crippen molar-refractivity contribution in [3.63, 3.8) is 0 Å². The summed E-state index contributed by atoms with van der Waals surface area (Å²) in [7, 11) is 1.92. The van der Waals surface area contributed by atoms with E-state index in [1.165, 1.54) is 4.90 Å². The average molecular weight is 586 g/mol. The Balaban J connectivity index is 1.36. The van der Waals surface area contributed by atoms with Crippen molar-refractivity contribution in [3.05, 3.63) is 89.0 Å². The molecule has 0 radical (unpaired) electrons. The number of hydrogen-bond donors (Lipinski definition) is 4. The highest BCUT2D eigenvalue weighted by Gasteiger charge is 2.53. The van der Waals surface area contributed by atoms with E-state index in [1.807, 2.05) is 7.05 Å². The Morgan fingerprint density at radius 2 is 1.55 bits per heavy atom. The second-order valence-electron chi connectivity index (χ2n) is 10.9. The van der Waals surface area contributed by atoms with Gasteiger partial charge >= 0.3 is 6.03 Å². The number of hydrogen-bond acceptors (Lipinski definition) is 5. The lowest BCUT2D eigenvalue weighted by molar-refractivity contribution is -0.153. The highest BCUT2D eigenvalue weighted by molar-refractivity contribution is 5.95.